The minimum atomic E-state index is -4.42. The van der Waals surface area contributed by atoms with E-state index in [0.717, 1.165) is 180 Å². The first-order chi connectivity index (χ1) is 45.8. The van der Waals surface area contributed by atoms with Crippen molar-refractivity contribution in [3.63, 3.8) is 0 Å². The molecule has 2 atom stereocenters. The molecule has 518 valence electrons. The molecule has 0 fully saturated rings. The van der Waals surface area contributed by atoms with E-state index in [4.69, 9.17) is 24.3 Å². The van der Waals surface area contributed by atoms with Gasteiger partial charge in [0.1, 0.15) is 6.61 Å². The second kappa shape index (κ2) is 75.1. The van der Waals surface area contributed by atoms with Gasteiger partial charge in [0.25, 0.3) is 0 Å². The van der Waals surface area contributed by atoms with E-state index in [2.05, 4.69) is 245 Å². The molecule has 0 radical (unpaired) electrons. The molecule has 3 N–H and O–H groups in total. The number of nitrogens with two attached hydrogens (primary N) is 1. The largest absolute Gasteiger partial charge is 0.472 e. The van der Waals surface area contributed by atoms with Gasteiger partial charge in [-0.05, 0) is 161 Å². The lowest BCUT2D eigenvalue weighted by molar-refractivity contribution is -0.161. The Morgan fingerprint density at radius 2 is 0.559 bits per heavy atom. The van der Waals surface area contributed by atoms with Gasteiger partial charge in [0.15, 0.2) is 6.10 Å². The summed E-state index contributed by atoms with van der Waals surface area (Å²) < 4.78 is 33.1. The third-order valence-corrected chi connectivity index (χ3v) is 15.0. The molecule has 0 aliphatic heterocycles. The van der Waals surface area contributed by atoms with Gasteiger partial charge in [-0.15, -0.1) is 0 Å². The smallest absolute Gasteiger partial charge is 0.462 e. The van der Waals surface area contributed by atoms with E-state index in [-0.39, 0.29) is 32.6 Å². The summed E-state index contributed by atoms with van der Waals surface area (Å²) in [5, 5.41) is 0. The quantitative estimate of drug-likeness (QED) is 0.0264. The number of esters is 2. The average Bonchev–Trinajstić information content (AvgIpc) is 3.60. The SMILES string of the molecule is CC/C=C\C/C=C\C/C=C\C/C=C\C/C=C\C/C=C\C/C=C\C/C=C\C/C=C\C/C=C\C/C=C\CCCCCCCC(=O)OC(COC(=O)CCCCCCCCCC/C=C\C/C=C\C/C=C\C/C=C\C/C=C\C/C=C\C/C=C\C/C=C\CC)COP(=O)(O)OCCN. The summed E-state index contributed by atoms with van der Waals surface area (Å²) in [6.45, 7) is 3.45. The lowest BCUT2D eigenvalue weighted by atomic mass is 10.1. The van der Waals surface area contributed by atoms with Crippen LogP contribution < -0.4 is 5.73 Å². The van der Waals surface area contributed by atoms with E-state index in [1.54, 1.807) is 0 Å². The second-order valence-electron chi connectivity index (χ2n) is 22.6. The maximum atomic E-state index is 12.8. The van der Waals surface area contributed by atoms with Crippen molar-refractivity contribution in [2.75, 3.05) is 26.4 Å². The molecule has 0 heterocycles. The fraction of sp³-hybridized carbons (Fsp3) is 0.518. The molecule has 0 aliphatic carbocycles. The fourth-order valence-electron chi connectivity index (χ4n) is 8.83. The molecule has 0 spiro atoms. The van der Waals surface area contributed by atoms with Crippen LogP contribution in [0.2, 0.25) is 0 Å². The Morgan fingerprint density at radius 3 is 0.828 bits per heavy atom. The Bertz CT molecular complexity index is 2380. The van der Waals surface area contributed by atoms with Gasteiger partial charge in [0.05, 0.1) is 13.2 Å². The van der Waals surface area contributed by atoms with E-state index in [1.807, 2.05) is 0 Å². The third kappa shape index (κ3) is 75.0. The van der Waals surface area contributed by atoms with Crippen molar-refractivity contribution in [2.24, 2.45) is 5.73 Å². The van der Waals surface area contributed by atoms with E-state index in [0.29, 0.717) is 12.8 Å². The first-order valence-electron chi connectivity index (χ1n) is 35.9. The summed E-state index contributed by atoms with van der Waals surface area (Å²) in [5.74, 6) is -0.878. The zero-order chi connectivity index (χ0) is 67.2. The fourth-order valence-corrected chi connectivity index (χ4v) is 9.60. The second-order valence-corrected chi connectivity index (χ2v) is 24.1. The van der Waals surface area contributed by atoms with Gasteiger partial charge in [-0.2, -0.15) is 0 Å². The van der Waals surface area contributed by atoms with Crippen LogP contribution in [0.5, 0.6) is 0 Å². The molecule has 10 heteroatoms. The third-order valence-electron chi connectivity index (χ3n) is 14.0. The van der Waals surface area contributed by atoms with E-state index >= 15 is 0 Å². The Balaban J connectivity index is 4.06. The van der Waals surface area contributed by atoms with Crippen molar-refractivity contribution >= 4 is 19.8 Å². The van der Waals surface area contributed by atoms with Gasteiger partial charge in [-0.25, -0.2) is 4.57 Å². The van der Waals surface area contributed by atoms with Crippen LogP contribution in [0, 0.1) is 0 Å². The highest BCUT2D eigenvalue weighted by atomic mass is 31.2. The van der Waals surface area contributed by atoms with Crippen LogP contribution in [-0.4, -0.2) is 49.3 Å². The number of phosphoric acid groups is 1. The number of carbonyl (C=O) groups is 2. The van der Waals surface area contributed by atoms with E-state index < -0.39 is 32.5 Å². The zero-order valence-electron chi connectivity index (χ0n) is 58.1. The van der Waals surface area contributed by atoms with Crippen molar-refractivity contribution in [3.05, 3.63) is 231 Å². The summed E-state index contributed by atoms with van der Waals surface area (Å²) in [7, 11) is -4.42. The molecular weight excluding hydrogens is 1170 g/mol. The van der Waals surface area contributed by atoms with Crippen molar-refractivity contribution < 1.29 is 37.6 Å². The molecule has 0 aromatic rings. The lowest BCUT2D eigenvalue weighted by Crippen LogP contribution is -2.29. The molecule has 0 aromatic heterocycles. The highest BCUT2D eigenvalue weighted by molar-refractivity contribution is 7.47. The molecule has 0 aromatic carbocycles. The van der Waals surface area contributed by atoms with Gasteiger partial charge in [0, 0.05) is 19.4 Å². The Morgan fingerprint density at radius 1 is 0.323 bits per heavy atom. The van der Waals surface area contributed by atoms with Crippen LogP contribution in [0.25, 0.3) is 0 Å². The standard InChI is InChI=1S/C83H128NO8P/c1-3-5-7-9-11-13-15-17-19-21-23-25-27-29-31-33-35-37-38-39-40-41-42-44-46-48-50-52-54-56-58-60-62-64-66-68-70-72-74-76-83(86)92-81(80-91-93(87,88)90-78-77-84)79-89-82(85)75-73-71-69-67-65-63-61-59-57-55-53-51-49-47-45-43-36-34-32-30-28-26-24-22-20-18-16-14-12-10-8-6-4-2/h5-8,11-14,17-20,23-26,29-32,35-37,39-40,42-44,47-50,53-56,60,62,81H,3-4,9-10,15-16,21-22,27-28,33-34,38,41,45-46,51-52,57-59,61,63-80,84H2,1-2H3,(H,87,88)/b7-5-,8-6-,13-11-,14-12-,19-17-,20-18-,25-23-,26-24-,31-29-,32-30-,37-35-,40-39-,43-36-,44-42-,49-47-,50-48-,55-53-,56-54-,62-60-. The van der Waals surface area contributed by atoms with Crippen LogP contribution in [-0.2, 0) is 32.7 Å². The zero-order valence-corrected chi connectivity index (χ0v) is 59.0. The predicted molar refractivity (Wildman–Crippen MR) is 403 cm³/mol. The maximum absolute atomic E-state index is 12.8. The molecular formula is C83H128NO8P. The first-order valence-corrected chi connectivity index (χ1v) is 37.4. The first kappa shape index (κ1) is 87.1. The predicted octanol–water partition coefficient (Wildman–Crippen LogP) is 24.2. The molecule has 0 bridgehead atoms. The minimum Gasteiger partial charge on any atom is -0.462 e. The number of hydrogen-bond acceptors (Lipinski definition) is 8. The Labute approximate surface area is 568 Å². The number of unbranched alkanes of at least 4 members (excludes halogenated alkanes) is 13. The maximum Gasteiger partial charge on any atom is 0.472 e. The van der Waals surface area contributed by atoms with Gasteiger partial charge >= 0.3 is 19.8 Å². The number of ether oxygens (including phenoxy) is 2. The number of carbonyl (C=O) groups excluding carboxylic acids is 2. The van der Waals surface area contributed by atoms with Crippen LogP contribution in [0.4, 0.5) is 0 Å². The number of rotatable bonds is 64. The molecule has 0 saturated carbocycles. The van der Waals surface area contributed by atoms with E-state index in [9.17, 15) is 19.0 Å². The summed E-state index contributed by atoms with van der Waals surface area (Å²) in [4.78, 5) is 35.4. The average molecular weight is 1300 g/mol. The van der Waals surface area contributed by atoms with Gasteiger partial charge in [-0.1, -0.05) is 303 Å². The van der Waals surface area contributed by atoms with Crippen molar-refractivity contribution in [3.8, 4) is 0 Å². The lowest BCUT2D eigenvalue weighted by Gasteiger charge is -2.19. The molecule has 0 rings (SSSR count). The summed E-state index contributed by atoms with van der Waals surface area (Å²) in [6.07, 6.45) is 118. The molecule has 2 unspecified atom stereocenters. The monoisotopic (exact) mass is 1300 g/mol. The number of allylic oxidation sites excluding steroid dienone is 38. The summed E-state index contributed by atoms with van der Waals surface area (Å²) in [6, 6.07) is 0. The van der Waals surface area contributed by atoms with E-state index in [1.165, 1.54) is 25.7 Å². The highest BCUT2D eigenvalue weighted by Gasteiger charge is 2.26. The van der Waals surface area contributed by atoms with Crippen molar-refractivity contribution in [1.82, 2.24) is 0 Å². The van der Waals surface area contributed by atoms with Gasteiger partial charge < -0.3 is 20.1 Å². The molecule has 0 saturated heterocycles. The van der Waals surface area contributed by atoms with Crippen LogP contribution in [0.3, 0.4) is 0 Å². The van der Waals surface area contributed by atoms with Crippen LogP contribution >= 0.6 is 7.82 Å². The Kier molecular flexibility index (Phi) is 70.3. The van der Waals surface area contributed by atoms with Crippen LogP contribution in [0.1, 0.15) is 245 Å². The Hall–Kier alpha value is -5.93. The van der Waals surface area contributed by atoms with Gasteiger partial charge in [-0.3, -0.25) is 18.6 Å². The molecule has 93 heavy (non-hydrogen) atoms. The van der Waals surface area contributed by atoms with Crippen molar-refractivity contribution in [2.45, 2.75) is 251 Å². The summed E-state index contributed by atoms with van der Waals surface area (Å²) in [5.41, 5.74) is 5.40. The topological polar surface area (TPSA) is 134 Å². The van der Waals surface area contributed by atoms with Crippen LogP contribution in [0.15, 0.2) is 231 Å². The minimum absolute atomic E-state index is 0.0360. The highest BCUT2D eigenvalue weighted by Crippen LogP contribution is 2.43. The van der Waals surface area contributed by atoms with Crippen molar-refractivity contribution in [1.29, 1.82) is 0 Å². The molecule has 0 aliphatic rings. The number of phosphoric ester groups is 1. The summed E-state index contributed by atoms with van der Waals surface area (Å²) >= 11 is 0. The number of hydrogen-bond donors (Lipinski definition) is 2. The molecule has 0 amide bonds. The molecule has 9 nitrogen and oxygen atoms in total. The van der Waals surface area contributed by atoms with Gasteiger partial charge in [0.2, 0.25) is 0 Å². The normalized spacial score (nSPS) is 14.3.